The van der Waals surface area contributed by atoms with Gasteiger partial charge in [0.2, 0.25) is 0 Å². The van der Waals surface area contributed by atoms with Gasteiger partial charge in [-0.25, -0.2) is 0 Å². The fourth-order valence-electron chi connectivity index (χ4n) is 3.88. The highest BCUT2D eigenvalue weighted by Crippen LogP contribution is 2.41. The molecule has 1 saturated heterocycles. The summed E-state index contributed by atoms with van der Waals surface area (Å²) in [5, 5.41) is 3.23. The van der Waals surface area contributed by atoms with Crippen LogP contribution in [0.5, 0.6) is 0 Å². The third-order valence-corrected chi connectivity index (χ3v) is 5.21. The number of ether oxygens (including phenoxy) is 1. The van der Waals surface area contributed by atoms with E-state index in [1.54, 1.807) is 0 Å². The lowest BCUT2D eigenvalue weighted by Crippen LogP contribution is -2.38. The molecule has 1 heterocycles. The molecule has 0 amide bonds. The second kappa shape index (κ2) is 7.82. The van der Waals surface area contributed by atoms with Crippen LogP contribution in [0.3, 0.4) is 0 Å². The van der Waals surface area contributed by atoms with Gasteiger partial charge in [0.05, 0.1) is 6.10 Å². The molecular formula is C19H29N3O. The second-order valence-corrected chi connectivity index (χ2v) is 7.09. The molecule has 1 atom stereocenters. The number of hydrogen-bond donors (Lipinski definition) is 2. The molecule has 2 fully saturated rings. The van der Waals surface area contributed by atoms with Gasteiger partial charge in [-0.1, -0.05) is 43.2 Å². The number of aliphatic imine (C=N–C) groups is 1. The van der Waals surface area contributed by atoms with E-state index in [1.807, 2.05) is 0 Å². The first kappa shape index (κ1) is 16.3. The van der Waals surface area contributed by atoms with E-state index in [2.05, 4.69) is 40.6 Å². The number of guanidine groups is 1. The van der Waals surface area contributed by atoms with Crippen molar-refractivity contribution in [2.24, 2.45) is 16.1 Å². The van der Waals surface area contributed by atoms with Crippen molar-refractivity contribution < 1.29 is 4.74 Å². The summed E-state index contributed by atoms with van der Waals surface area (Å²) >= 11 is 0. The summed E-state index contributed by atoms with van der Waals surface area (Å²) in [4.78, 5) is 4.66. The van der Waals surface area contributed by atoms with Gasteiger partial charge in [0.15, 0.2) is 5.96 Å². The molecule has 0 radical (unpaired) electrons. The molecule has 3 N–H and O–H groups in total. The molecule has 1 aromatic carbocycles. The first-order valence-electron chi connectivity index (χ1n) is 8.95. The van der Waals surface area contributed by atoms with Crippen molar-refractivity contribution in [2.45, 2.75) is 51.0 Å². The number of rotatable bonds is 6. The van der Waals surface area contributed by atoms with E-state index in [1.165, 1.54) is 31.2 Å². The van der Waals surface area contributed by atoms with Crippen molar-refractivity contribution in [3.05, 3.63) is 35.9 Å². The Balaban J connectivity index is 1.54. The molecule has 1 unspecified atom stereocenters. The largest absolute Gasteiger partial charge is 0.376 e. The molecule has 4 heteroatoms. The zero-order valence-electron chi connectivity index (χ0n) is 14.0. The smallest absolute Gasteiger partial charge is 0.188 e. The van der Waals surface area contributed by atoms with Gasteiger partial charge in [0.25, 0.3) is 0 Å². The maximum atomic E-state index is 6.07. The van der Waals surface area contributed by atoms with E-state index < -0.39 is 0 Å². The fraction of sp³-hybridized carbons (Fsp3) is 0.632. The van der Waals surface area contributed by atoms with Crippen LogP contribution in [0, 0.1) is 5.41 Å². The van der Waals surface area contributed by atoms with E-state index in [-0.39, 0.29) is 5.41 Å². The lowest BCUT2D eigenvalue weighted by molar-refractivity contribution is 0.114. The number of hydrogen-bond acceptors (Lipinski definition) is 2. The molecular weight excluding hydrogens is 286 g/mol. The Labute approximate surface area is 139 Å². The van der Waals surface area contributed by atoms with Crippen molar-refractivity contribution in [2.75, 3.05) is 19.7 Å². The predicted octanol–water partition coefficient (Wildman–Crippen LogP) is 2.87. The van der Waals surface area contributed by atoms with Crippen LogP contribution in [-0.4, -0.2) is 31.8 Å². The van der Waals surface area contributed by atoms with Crippen LogP contribution >= 0.6 is 0 Å². The Morgan fingerprint density at radius 1 is 1.22 bits per heavy atom. The quantitative estimate of drug-likeness (QED) is 0.627. The molecule has 1 aromatic rings. The summed E-state index contributed by atoms with van der Waals surface area (Å²) in [7, 11) is 0. The molecule has 1 aliphatic heterocycles. The topological polar surface area (TPSA) is 59.6 Å². The maximum Gasteiger partial charge on any atom is 0.188 e. The molecule has 4 nitrogen and oxygen atoms in total. The van der Waals surface area contributed by atoms with Crippen LogP contribution in [0.15, 0.2) is 35.3 Å². The van der Waals surface area contributed by atoms with Gasteiger partial charge in [0.1, 0.15) is 0 Å². The number of benzene rings is 1. The van der Waals surface area contributed by atoms with Gasteiger partial charge < -0.3 is 15.8 Å². The molecule has 126 valence electrons. The Morgan fingerprint density at radius 3 is 2.70 bits per heavy atom. The number of nitrogens with one attached hydrogen (secondary N) is 1. The van der Waals surface area contributed by atoms with Crippen molar-refractivity contribution >= 4 is 5.96 Å². The molecule has 1 saturated carbocycles. The van der Waals surface area contributed by atoms with E-state index in [0.717, 1.165) is 39.0 Å². The van der Waals surface area contributed by atoms with Gasteiger partial charge in [0, 0.05) is 19.7 Å². The molecule has 0 aromatic heterocycles. The Morgan fingerprint density at radius 2 is 2.00 bits per heavy atom. The van der Waals surface area contributed by atoms with Crippen molar-refractivity contribution in [1.82, 2.24) is 5.32 Å². The van der Waals surface area contributed by atoms with Crippen LogP contribution in [0.25, 0.3) is 0 Å². The second-order valence-electron chi connectivity index (χ2n) is 7.09. The Bertz CT molecular complexity index is 503. The minimum atomic E-state index is 0.289. The highest BCUT2D eigenvalue weighted by Gasteiger charge is 2.33. The van der Waals surface area contributed by atoms with Gasteiger partial charge in [-0.2, -0.15) is 0 Å². The maximum absolute atomic E-state index is 6.07. The Kier molecular flexibility index (Phi) is 5.55. The highest BCUT2D eigenvalue weighted by molar-refractivity contribution is 5.77. The summed E-state index contributed by atoms with van der Waals surface area (Å²) in [6.07, 6.45) is 8.82. The van der Waals surface area contributed by atoms with E-state index in [9.17, 15) is 0 Å². The standard InChI is InChI=1S/C19H29N3O/c20-18(21-14-17-9-6-12-23-17)22-15-19(10-4-5-11-19)13-16-7-2-1-3-8-16/h1-3,7-8,17H,4-6,9-15H2,(H3,20,21,22). The highest BCUT2D eigenvalue weighted by atomic mass is 16.5. The summed E-state index contributed by atoms with van der Waals surface area (Å²) in [5.74, 6) is 0.569. The minimum absolute atomic E-state index is 0.289. The predicted molar refractivity (Wildman–Crippen MR) is 94.5 cm³/mol. The zero-order valence-corrected chi connectivity index (χ0v) is 14.0. The molecule has 2 aliphatic rings. The third kappa shape index (κ3) is 4.71. The fourth-order valence-corrected chi connectivity index (χ4v) is 3.88. The van der Waals surface area contributed by atoms with Gasteiger partial charge in [-0.3, -0.25) is 4.99 Å². The lowest BCUT2D eigenvalue weighted by atomic mass is 9.80. The lowest BCUT2D eigenvalue weighted by Gasteiger charge is -2.27. The van der Waals surface area contributed by atoms with Crippen LogP contribution < -0.4 is 11.1 Å². The third-order valence-electron chi connectivity index (χ3n) is 5.21. The first-order valence-corrected chi connectivity index (χ1v) is 8.95. The zero-order chi connectivity index (χ0) is 16.0. The van der Waals surface area contributed by atoms with Crippen molar-refractivity contribution in [1.29, 1.82) is 0 Å². The average molecular weight is 315 g/mol. The average Bonchev–Trinajstić information content (AvgIpc) is 3.24. The summed E-state index contributed by atoms with van der Waals surface area (Å²) in [6.45, 7) is 2.48. The van der Waals surface area contributed by atoms with Crippen LogP contribution in [0.1, 0.15) is 44.1 Å². The van der Waals surface area contributed by atoms with E-state index in [0.29, 0.717) is 12.1 Å². The number of nitrogens with two attached hydrogens (primary N) is 1. The van der Waals surface area contributed by atoms with Crippen LogP contribution in [0.4, 0.5) is 0 Å². The van der Waals surface area contributed by atoms with Gasteiger partial charge in [-0.15, -0.1) is 0 Å². The monoisotopic (exact) mass is 315 g/mol. The Hall–Kier alpha value is -1.55. The molecule has 23 heavy (non-hydrogen) atoms. The molecule has 0 spiro atoms. The summed E-state index contributed by atoms with van der Waals surface area (Å²) in [6, 6.07) is 10.8. The summed E-state index contributed by atoms with van der Waals surface area (Å²) in [5.41, 5.74) is 7.77. The normalized spacial score (nSPS) is 24.0. The van der Waals surface area contributed by atoms with E-state index in [4.69, 9.17) is 10.5 Å². The first-order chi connectivity index (χ1) is 11.3. The van der Waals surface area contributed by atoms with Gasteiger partial charge >= 0.3 is 0 Å². The van der Waals surface area contributed by atoms with Crippen LogP contribution in [-0.2, 0) is 11.2 Å². The van der Waals surface area contributed by atoms with E-state index >= 15 is 0 Å². The van der Waals surface area contributed by atoms with Gasteiger partial charge in [-0.05, 0) is 43.1 Å². The SMILES string of the molecule is NC(=NCC1(Cc2ccccc2)CCCC1)NCC1CCCO1. The number of nitrogens with zero attached hydrogens (tertiary/aromatic N) is 1. The molecule has 0 bridgehead atoms. The van der Waals surface area contributed by atoms with Crippen molar-refractivity contribution in [3.63, 3.8) is 0 Å². The van der Waals surface area contributed by atoms with Crippen LogP contribution in [0.2, 0.25) is 0 Å². The van der Waals surface area contributed by atoms with Crippen molar-refractivity contribution in [3.8, 4) is 0 Å². The molecule has 1 aliphatic carbocycles. The molecule has 3 rings (SSSR count). The summed E-state index contributed by atoms with van der Waals surface area (Å²) < 4.78 is 5.61. The minimum Gasteiger partial charge on any atom is -0.376 e.